The summed E-state index contributed by atoms with van der Waals surface area (Å²) in [5.41, 5.74) is 0. The van der Waals surface area contributed by atoms with Crippen LogP contribution in [0.4, 0.5) is 8.78 Å². The van der Waals surface area contributed by atoms with E-state index in [1.807, 2.05) is 0 Å². The molecule has 0 amide bonds. The van der Waals surface area contributed by atoms with E-state index in [1.165, 1.54) is 13.1 Å². The van der Waals surface area contributed by atoms with Crippen molar-refractivity contribution in [2.75, 3.05) is 7.05 Å². The van der Waals surface area contributed by atoms with Crippen LogP contribution < -0.4 is 5.32 Å². The van der Waals surface area contributed by atoms with Gasteiger partial charge < -0.3 is 5.32 Å². The first kappa shape index (κ1) is 9.56. The fourth-order valence-corrected chi connectivity index (χ4v) is 0.745. The van der Waals surface area contributed by atoms with E-state index >= 15 is 0 Å². The van der Waals surface area contributed by atoms with Crippen molar-refractivity contribution in [2.45, 2.75) is 25.3 Å². The molecule has 1 unspecified atom stereocenters. The number of nitrogens with one attached hydrogen (secondary N) is 1. The lowest BCUT2D eigenvalue weighted by Crippen LogP contribution is -2.40. The molecule has 0 rings (SSSR count). The molecule has 0 aliphatic carbocycles. The quantitative estimate of drug-likeness (QED) is 0.601. The highest BCUT2D eigenvalue weighted by atomic mass is 19.3. The molecule has 0 bridgehead atoms. The van der Waals surface area contributed by atoms with Crippen molar-refractivity contribution in [3.05, 3.63) is 12.7 Å². The summed E-state index contributed by atoms with van der Waals surface area (Å²) in [6, 6.07) is -0.787. The first-order valence-electron chi connectivity index (χ1n) is 3.18. The first-order valence-corrected chi connectivity index (χ1v) is 3.18. The van der Waals surface area contributed by atoms with Gasteiger partial charge in [-0.3, -0.25) is 0 Å². The highest BCUT2D eigenvalue weighted by molar-refractivity contribution is 4.84. The molecule has 0 radical (unpaired) electrons. The van der Waals surface area contributed by atoms with Crippen LogP contribution in [0.25, 0.3) is 0 Å². The zero-order chi connectivity index (χ0) is 8.20. The van der Waals surface area contributed by atoms with Crippen molar-refractivity contribution in [2.24, 2.45) is 0 Å². The average molecular weight is 149 g/mol. The molecule has 1 atom stereocenters. The molecule has 0 aliphatic heterocycles. The highest BCUT2D eigenvalue weighted by Crippen LogP contribution is 2.19. The Labute approximate surface area is 60.1 Å². The van der Waals surface area contributed by atoms with Crippen molar-refractivity contribution >= 4 is 0 Å². The van der Waals surface area contributed by atoms with Gasteiger partial charge >= 0.3 is 0 Å². The predicted molar refractivity (Wildman–Crippen MR) is 38.3 cm³/mol. The number of rotatable bonds is 4. The van der Waals surface area contributed by atoms with E-state index in [4.69, 9.17) is 0 Å². The standard InChI is InChI=1S/C7H13F2N/c1-4-5-6(10-3)7(2,8)9/h4,6,10H,1,5H2,2-3H3. The molecule has 0 aromatic heterocycles. The molecule has 3 heteroatoms. The SMILES string of the molecule is C=CCC(NC)C(C)(F)F. The Balaban J connectivity index is 3.92. The summed E-state index contributed by atoms with van der Waals surface area (Å²) >= 11 is 0. The van der Waals surface area contributed by atoms with Gasteiger partial charge in [0.05, 0.1) is 6.04 Å². The fraction of sp³-hybridized carbons (Fsp3) is 0.714. The van der Waals surface area contributed by atoms with E-state index in [9.17, 15) is 8.78 Å². The Hall–Kier alpha value is -0.440. The smallest absolute Gasteiger partial charge is 0.260 e. The second-order valence-corrected chi connectivity index (χ2v) is 2.32. The Morgan fingerprint density at radius 2 is 2.20 bits per heavy atom. The van der Waals surface area contributed by atoms with Crippen LogP contribution >= 0.6 is 0 Å². The van der Waals surface area contributed by atoms with Crippen LogP contribution in [0.3, 0.4) is 0 Å². The molecule has 0 saturated heterocycles. The topological polar surface area (TPSA) is 12.0 Å². The minimum atomic E-state index is -2.66. The van der Waals surface area contributed by atoms with Gasteiger partial charge in [-0.25, -0.2) is 8.78 Å². The lowest BCUT2D eigenvalue weighted by atomic mass is 10.1. The molecule has 0 aromatic rings. The van der Waals surface area contributed by atoms with Crippen molar-refractivity contribution in [3.63, 3.8) is 0 Å². The molecule has 1 nitrogen and oxygen atoms in total. The summed E-state index contributed by atoms with van der Waals surface area (Å²) in [5.74, 6) is -2.66. The number of alkyl halides is 2. The molecule has 0 aromatic carbocycles. The Bertz CT molecular complexity index is 107. The maximum absolute atomic E-state index is 12.5. The predicted octanol–water partition coefficient (Wildman–Crippen LogP) is 1.81. The molecule has 0 aliphatic rings. The van der Waals surface area contributed by atoms with Gasteiger partial charge in [0.15, 0.2) is 0 Å². The van der Waals surface area contributed by atoms with Crippen LogP contribution in [0.5, 0.6) is 0 Å². The maximum atomic E-state index is 12.5. The zero-order valence-electron chi connectivity index (χ0n) is 6.32. The third kappa shape index (κ3) is 2.92. The minimum absolute atomic E-state index is 0.292. The zero-order valence-corrected chi connectivity index (χ0v) is 6.32. The maximum Gasteiger partial charge on any atom is 0.260 e. The van der Waals surface area contributed by atoms with E-state index in [2.05, 4.69) is 11.9 Å². The second-order valence-electron chi connectivity index (χ2n) is 2.32. The summed E-state index contributed by atoms with van der Waals surface area (Å²) in [6.45, 7) is 4.29. The molecule has 10 heavy (non-hydrogen) atoms. The first-order chi connectivity index (χ1) is 4.52. The van der Waals surface area contributed by atoms with Gasteiger partial charge in [-0.15, -0.1) is 6.58 Å². The minimum Gasteiger partial charge on any atom is -0.311 e. The average Bonchev–Trinajstić information content (AvgIpc) is 1.80. The van der Waals surface area contributed by atoms with Crippen LogP contribution in [0.15, 0.2) is 12.7 Å². The van der Waals surface area contributed by atoms with Crippen molar-refractivity contribution in [3.8, 4) is 0 Å². The Kier molecular flexibility index (Phi) is 3.50. The molecule has 0 spiro atoms. The van der Waals surface area contributed by atoms with E-state index in [-0.39, 0.29) is 0 Å². The van der Waals surface area contributed by atoms with Crippen LogP contribution in [-0.2, 0) is 0 Å². The molecule has 0 saturated carbocycles. The van der Waals surface area contributed by atoms with E-state index in [0.717, 1.165) is 6.92 Å². The van der Waals surface area contributed by atoms with Crippen LogP contribution in [-0.4, -0.2) is 19.0 Å². The van der Waals surface area contributed by atoms with Gasteiger partial charge in [0.25, 0.3) is 5.92 Å². The third-order valence-corrected chi connectivity index (χ3v) is 1.36. The number of hydrogen-bond donors (Lipinski definition) is 1. The largest absolute Gasteiger partial charge is 0.311 e. The Morgan fingerprint density at radius 3 is 2.30 bits per heavy atom. The third-order valence-electron chi connectivity index (χ3n) is 1.36. The van der Waals surface area contributed by atoms with Crippen molar-refractivity contribution in [1.82, 2.24) is 5.32 Å². The van der Waals surface area contributed by atoms with Crippen molar-refractivity contribution < 1.29 is 8.78 Å². The highest BCUT2D eigenvalue weighted by Gasteiger charge is 2.31. The summed E-state index contributed by atoms with van der Waals surface area (Å²) in [5, 5.41) is 2.52. The molecule has 60 valence electrons. The lowest BCUT2D eigenvalue weighted by molar-refractivity contribution is -0.0147. The van der Waals surface area contributed by atoms with E-state index in [0.29, 0.717) is 6.42 Å². The molecule has 1 N–H and O–H groups in total. The van der Waals surface area contributed by atoms with Crippen LogP contribution in [0.1, 0.15) is 13.3 Å². The summed E-state index contributed by atoms with van der Waals surface area (Å²) in [7, 11) is 1.52. The molecule has 0 fully saturated rings. The molecule has 0 heterocycles. The normalized spacial score (nSPS) is 14.8. The number of halogens is 2. The van der Waals surface area contributed by atoms with E-state index < -0.39 is 12.0 Å². The fourth-order valence-electron chi connectivity index (χ4n) is 0.745. The molecular weight excluding hydrogens is 136 g/mol. The summed E-state index contributed by atoms with van der Waals surface area (Å²) < 4.78 is 24.9. The number of hydrogen-bond acceptors (Lipinski definition) is 1. The van der Waals surface area contributed by atoms with Crippen LogP contribution in [0, 0.1) is 0 Å². The van der Waals surface area contributed by atoms with Gasteiger partial charge in [0, 0.05) is 6.92 Å². The van der Waals surface area contributed by atoms with E-state index in [1.54, 1.807) is 0 Å². The lowest BCUT2D eigenvalue weighted by Gasteiger charge is -2.21. The van der Waals surface area contributed by atoms with Crippen molar-refractivity contribution in [1.29, 1.82) is 0 Å². The second kappa shape index (κ2) is 3.66. The summed E-state index contributed by atoms with van der Waals surface area (Å²) in [6.07, 6.45) is 1.78. The Morgan fingerprint density at radius 1 is 1.70 bits per heavy atom. The van der Waals surface area contributed by atoms with Gasteiger partial charge in [-0.1, -0.05) is 6.08 Å². The monoisotopic (exact) mass is 149 g/mol. The summed E-state index contributed by atoms with van der Waals surface area (Å²) in [4.78, 5) is 0. The van der Waals surface area contributed by atoms with Gasteiger partial charge in [0.1, 0.15) is 0 Å². The molecular formula is C7H13F2N. The van der Waals surface area contributed by atoms with Gasteiger partial charge in [-0.05, 0) is 13.5 Å². The van der Waals surface area contributed by atoms with Crippen LogP contribution in [0.2, 0.25) is 0 Å². The van der Waals surface area contributed by atoms with Gasteiger partial charge in [-0.2, -0.15) is 0 Å². The van der Waals surface area contributed by atoms with Gasteiger partial charge in [0.2, 0.25) is 0 Å².